The highest BCUT2D eigenvalue weighted by atomic mass is 16.2. The highest BCUT2D eigenvalue weighted by molar-refractivity contribution is 5.77. The lowest BCUT2D eigenvalue weighted by atomic mass is 10.3. The molecule has 0 bridgehead atoms. The van der Waals surface area contributed by atoms with Crippen LogP contribution in [0.5, 0.6) is 0 Å². The van der Waals surface area contributed by atoms with Gasteiger partial charge < -0.3 is 9.80 Å². The smallest absolute Gasteiger partial charge is 0.275 e. The second-order valence-electron chi connectivity index (χ2n) is 3.73. The molecule has 3 heteroatoms. The Labute approximate surface area is 67.0 Å². The summed E-state index contributed by atoms with van der Waals surface area (Å²) in [6, 6.07) is 0. The number of hydrogen-bond donors (Lipinski definition) is 1. The second-order valence-corrected chi connectivity index (χ2v) is 3.73. The van der Waals surface area contributed by atoms with Crippen LogP contribution in [0.15, 0.2) is 0 Å². The monoisotopic (exact) mass is 155 g/mol. The molecule has 2 rings (SSSR count). The SMILES string of the molecule is O=C1C[N+]2(CCCC2)CCN1. The molecule has 2 aliphatic heterocycles. The predicted molar refractivity (Wildman–Crippen MR) is 42.0 cm³/mol. The number of rotatable bonds is 0. The molecule has 0 atom stereocenters. The van der Waals surface area contributed by atoms with E-state index in [-0.39, 0.29) is 5.91 Å². The van der Waals surface area contributed by atoms with Crippen molar-refractivity contribution in [2.45, 2.75) is 12.8 Å². The fourth-order valence-electron chi connectivity index (χ4n) is 2.26. The molecule has 2 fully saturated rings. The first kappa shape index (κ1) is 7.10. The molecule has 0 aliphatic carbocycles. The van der Waals surface area contributed by atoms with Gasteiger partial charge in [0.1, 0.15) is 0 Å². The van der Waals surface area contributed by atoms with Gasteiger partial charge in [0.2, 0.25) is 0 Å². The van der Waals surface area contributed by atoms with Crippen molar-refractivity contribution in [3.8, 4) is 0 Å². The van der Waals surface area contributed by atoms with Crippen molar-refractivity contribution in [1.82, 2.24) is 5.32 Å². The molecule has 2 aliphatic rings. The van der Waals surface area contributed by atoms with Gasteiger partial charge in [-0.2, -0.15) is 0 Å². The highest BCUT2D eigenvalue weighted by Gasteiger charge is 2.36. The third kappa shape index (κ3) is 1.25. The number of amides is 1. The zero-order valence-electron chi connectivity index (χ0n) is 6.81. The van der Waals surface area contributed by atoms with Crippen molar-refractivity contribution in [2.24, 2.45) is 0 Å². The van der Waals surface area contributed by atoms with Crippen molar-refractivity contribution in [2.75, 3.05) is 32.7 Å². The fraction of sp³-hybridized carbons (Fsp3) is 0.875. The Kier molecular flexibility index (Phi) is 1.60. The van der Waals surface area contributed by atoms with E-state index in [2.05, 4.69) is 5.32 Å². The van der Waals surface area contributed by atoms with Gasteiger partial charge >= 0.3 is 0 Å². The summed E-state index contributed by atoms with van der Waals surface area (Å²) >= 11 is 0. The zero-order chi connectivity index (χ0) is 7.73. The van der Waals surface area contributed by atoms with Crippen LogP contribution in [-0.4, -0.2) is 43.1 Å². The summed E-state index contributed by atoms with van der Waals surface area (Å²) in [7, 11) is 0. The van der Waals surface area contributed by atoms with E-state index in [1.807, 2.05) is 0 Å². The first-order valence-corrected chi connectivity index (χ1v) is 4.43. The summed E-state index contributed by atoms with van der Waals surface area (Å²) in [6.07, 6.45) is 2.63. The second kappa shape index (κ2) is 2.48. The molecule has 0 radical (unpaired) electrons. The minimum Gasteiger partial charge on any atom is -0.346 e. The van der Waals surface area contributed by atoms with E-state index in [9.17, 15) is 4.79 Å². The third-order valence-electron chi connectivity index (χ3n) is 2.90. The normalized spacial score (nSPS) is 28.9. The van der Waals surface area contributed by atoms with Crippen molar-refractivity contribution < 1.29 is 9.28 Å². The molecule has 1 amide bonds. The summed E-state index contributed by atoms with van der Waals surface area (Å²) in [5, 5.41) is 2.88. The first-order valence-electron chi connectivity index (χ1n) is 4.43. The topological polar surface area (TPSA) is 29.1 Å². The largest absolute Gasteiger partial charge is 0.346 e. The Morgan fingerprint density at radius 3 is 2.55 bits per heavy atom. The van der Waals surface area contributed by atoms with Gasteiger partial charge in [0.25, 0.3) is 5.91 Å². The predicted octanol–water partition coefficient (Wildman–Crippen LogP) is -0.273. The average molecular weight is 155 g/mol. The first-order chi connectivity index (χ1) is 5.31. The van der Waals surface area contributed by atoms with Gasteiger partial charge in [-0.1, -0.05) is 0 Å². The molecular weight excluding hydrogens is 140 g/mol. The number of hydrogen-bond acceptors (Lipinski definition) is 1. The van der Waals surface area contributed by atoms with E-state index < -0.39 is 0 Å². The quantitative estimate of drug-likeness (QED) is 0.479. The van der Waals surface area contributed by atoms with Gasteiger partial charge in [0.05, 0.1) is 26.2 Å². The van der Waals surface area contributed by atoms with Crippen LogP contribution in [0.25, 0.3) is 0 Å². The standard InChI is InChI=1S/C8H14N2O/c11-8-7-10(6-3-9-8)4-1-2-5-10/h1-7H2/p+1. The van der Waals surface area contributed by atoms with Gasteiger partial charge in [0, 0.05) is 12.8 Å². The lowest BCUT2D eigenvalue weighted by molar-refractivity contribution is -0.910. The van der Waals surface area contributed by atoms with Gasteiger partial charge in [-0.25, -0.2) is 0 Å². The van der Waals surface area contributed by atoms with Gasteiger partial charge in [0.15, 0.2) is 6.54 Å². The number of nitrogens with zero attached hydrogens (tertiary/aromatic N) is 1. The van der Waals surface area contributed by atoms with Crippen LogP contribution in [-0.2, 0) is 4.79 Å². The van der Waals surface area contributed by atoms with Crippen LogP contribution in [0.4, 0.5) is 0 Å². The van der Waals surface area contributed by atoms with Crippen LogP contribution < -0.4 is 5.32 Å². The fourth-order valence-corrected chi connectivity index (χ4v) is 2.26. The maximum absolute atomic E-state index is 11.1. The Balaban J connectivity index is 2.05. The number of carbonyl (C=O) groups excluding carboxylic acids is 1. The summed E-state index contributed by atoms with van der Waals surface area (Å²) < 4.78 is 1.08. The van der Waals surface area contributed by atoms with E-state index in [1.54, 1.807) is 0 Å². The molecule has 2 heterocycles. The van der Waals surface area contributed by atoms with Gasteiger partial charge in [-0.15, -0.1) is 0 Å². The van der Waals surface area contributed by atoms with E-state index in [0.717, 1.165) is 24.1 Å². The Morgan fingerprint density at radius 1 is 1.18 bits per heavy atom. The Bertz CT molecular complexity index is 173. The lowest BCUT2D eigenvalue weighted by Gasteiger charge is -2.36. The summed E-state index contributed by atoms with van der Waals surface area (Å²) in [5.74, 6) is 0.248. The highest BCUT2D eigenvalue weighted by Crippen LogP contribution is 2.19. The van der Waals surface area contributed by atoms with Crippen molar-refractivity contribution >= 4 is 5.91 Å². The molecule has 11 heavy (non-hydrogen) atoms. The molecule has 0 aromatic rings. The average Bonchev–Trinajstić information content (AvgIpc) is 2.37. The van der Waals surface area contributed by atoms with E-state index in [1.165, 1.54) is 25.9 Å². The van der Waals surface area contributed by atoms with Crippen LogP contribution in [0.3, 0.4) is 0 Å². The summed E-state index contributed by atoms with van der Waals surface area (Å²) in [5.41, 5.74) is 0. The minimum absolute atomic E-state index is 0.248. The van der Waals surface area contributed by atoms with E-state index >= 15 is 0 Å². The van der Waals surface area contributed by atoms with Crippen LogP contribution >= 0.6 is 0 Å². The van der Waals surface area contributed by atoms with E-state index in [0.29, 0.717) is 0 Å². The summed E-state index contributed by atoms with van der Waals surface area (Å²) in [6.45, 7) is 5.24. The summed E-state index contributed by atoms with van der Waals surface area (Å²) in [4.78, 5) is 11.1. The molecule has 0 saturated carbocycles. The molecule has 1 N–H and O–H groups in total. The van der Waals surface area contributed by atoms with Crippen LogP contribution in [0.1, 0.15) is 12.8 Å². The van der Waals surface area contributed by atoms with Gasteiger partial charge in [-0.3, -0.25) is 4.79 Å². The molecule has 0 aromatic heterocycles. The van der Waals surface area contributed by atoms with Gasteiger partial charge in [-0.05, 0) is 0 Å². The molecule has 62 valence electrons. The van der Waals surface area contributed by atoms with Crippen molar-refractivity contribution in [3.63, 3.8) is 0 Å². The molecule has 1 spiro atoms. The Morgan fingerprint density at radius 2 is 1.91 bits per heavy atom. The zero-order valence-corrected chi connectivity index (χ0v) is 6.81. The molecular formula is C8H15N2O+. The molecule has 2 saturated heterocycles. The molecule has 0 unspecified atom stereocenters. The minimum atomic E-state index is 0.248. The Hall–Kier alpha value is -0.570. The number of piperazine rings is 1. The van der Waals surface area contributed by atoms with E-state index in [4.69, 9.17) is 0 Å². The van der Waals surface area contributed by atoms with Crippen LogP contribution in [0.2, 0.25) is 0 Å². The molecule has 3 nitrogen and oxygen atoms in total. The number of nitrogens with one attached hydrogen (secondary N) is 1. The maximum Gasteiger partial charge on any atom is 0.275 e. The number of carbonyl (C=O) groups is 1. The third-order valence-corrected chi connectivity index (χ3v) is 2.90. The van der Waals surface area contributed by atoms with Crippen molar-refractivity contribution in [1.29, 1.82) is 0 Å². The lowest BCUT2D eigenvalue weighted by Crippen LogP contribution is -2.59. The molecule has 0 aromatic carbocycles. The van der Waals surface area contributed by atoms with Crippen LogP contribution in [0, 0.1) is 0 Å². The maximum atomic E-state index is 11.1. The van der Waals surface area contributed by atoms with Crippen molar-refractivity contribution in [3.05, 3.63) is 0 Å². The number of quaternary nitrogens is 1.